The molecule has 6 nitrogen and oxygen atoms in total. The Bertz CT molecular complexity index is 651. The van der Waals surface area contributed by atoms with Crippen LogP contribution in [0.15, 0.2) is 30.3 Å². The van der Waals surface area contributed by atoms with E-state index in [1.807, 2.05) is 13.1 Å². The largest absolute Gasteiger partial charge is 0.373 e. The number of aromatic nitrogens is 2. The number of rotatable bonds is 4. The zero-order valence-electron chi connectivity index (χ0n) is 11.0. The SMILES string of the molecule is CNc1cc(C2CC2)nc(-c2ccc([N+](=O)[O-])cc2)n1. The predicted molar refractivity (Wildman–Crippen MR) is 75.6 cm³/mol. The van der Waals surface area contributed by atoms with E-state index in [9.17, 15) is 10.1 Å². The van der Waals surface area contributed by atoms with Crippen LogP contribution in [0.25, 0.3) is 11.4 Å². The third kappa shape index (κ3) is 2.45. The van der Waals surface area contributed by atoms with E-state index in [1.165, 1.54) is 25.0 Å². The summed E-state index contributed by atoms with van der Waals surface area (Å²) >= 11 is 0. The first-order chi connectivity index (χ1) is 9.67. The summed E-state index contributed by atoms with van der Waals surface area (Å²) in [6.45, 7) is 0. The van der Waals surface area contributed by atoms with Crippen molar-refractivity contribution in [2.75, 3.05) is 12.4 Å². The highest BCUT2D eigenvalue weighted by Gasteiger charge is 2.26. The zero-order chi connectivity index (χ0) is 14.1. The molecule has 6 heteroatoms. The first-order valence-corrected chi connectivity index (χ1v) is 6.49. The molecule has 1 aliphatic carbocycles. The monoisotopic (exact) mass is 270 g/mol. The van der Waals surface area contributed by atoms with Gasteiger partial charge < -0.3 is 5.32 Å². The summed E-state index contributed by atoms with van der Waals surface area (Å²) in [4.78, 5) is 19.2. The molecule has 0 aliphatic heterocycles. The molecular weight excluding hydrogens is 256 g/mol. The number of anilines is 1. The van der Waals surface area contributed by atoms with Crippen molar-refractivity contribution in [3.8, 4) is 11.4 Å². The van der Waals surface area contributed by atoms with Crippen molar-refractivity contribution in [2.45, 2.75) is 18.8 Å². The zero-order valence-corrected chi connectivity index (χ0v) is 11.0. The predicted octanol–water partition coefficient (Wildman–Crippen LogP) is 2.97. The van der Waals surface area contributed by atoms with Crippen molar-refractivity contribution >= 4 is 11.5 Å². The van der Waals surface area contributed by atoms with Crippen LogP contribution in [0.3, 0.4) is 0 Å². The van der Waals surface area contributed by atoms with Crippen LogP contribution >= 0.6 is 0 Å². The van der Waals surface area contributed by atoms with Crippen molar-refractivity contribution in [3.05, 3.63) is 46.1 Å². The molecule has 0 amide bonds. The lowest BCUT2D eigenvalue weighted by Crippen LogP contribution is -2.00. The molecule has 0 atom stereocenters. The van der Waals surface area contributed by atoms with E-state index in [-0.39, 0.29) is 5.69 Å². The molecule has 1 fully saturated rings. The Kier molecular flexibility index (Phi) is 3.06. The van der Waals surface area contributed by atoms with Crippen LogP contribution in [-0.2, 0) is 0 Å². The van der Waals surface area contributed by atoms with Crippen molar-refractivity contribution in [3.63, 3.8) is 0 Å². The maximum Gasteiger partial charge on any atom is 0.269 e. The molecule has 1 N–H and O–H groups in total. The number of nitrogens with one attached hydrogen (secondary N) is 1. The molecule has 1 heterocycles. The van der Waals surface area contributed by atoms with Gasteiger partial charge in [-0.2, -0.15) is 0 Å². The molecule has 0 radical (unpaired) electrons. The summed E-state index contributed by atoms with van der Waals surface area (Å²) in [5.41, 5.74) is 1.90. The fourth-order valence-corrected chi connectivity index (χ4v) is 2.04. The maximum absolute atomic E-state index is 10.7. The Morgan fingerprint density at radius 2 is 1.95 bits per heavy atom. The second-order valence-electron chi connectivity index (χ2n) is 4.83. The molecule has 2 aromatic rings. The van der Waals surface area contributed by atoms with Gasteiger partial charge in [0.1, 0.15) is 5.82 Å². The van der Waals surface area contributed by atoms with Gasteiger partial charge in [0, 0.05) is 42.4 Å². The van der Waals surface area contributed by atoms with Gasteiger partial charge in [-0.05, 0) is 25.0 Å². The molecule has 102 valence electrons. The third-order valence-electron chi connectivity index (χ3n) is 3.33. The summed E-state index contributed by atoms with van der Waals surface area (Å²) in [6, 6.07) is 8.28. The minimum Gasteiger partial charge on any atom is -0.373 e. The molecule has 20 heavy (non-hydrogen) atoms. The van der Waals surface area contributed by atoms with Gasteiger partial charge in [0.25, 0.3) is 5.69 Å². The number of nitro benzene ring substituents is 1. The van der Waals surface area contributed by atoms with E-state index < -0.39 is 4.92 Å². The second kappa shape index (κ2) is 4.88. The van der Waals surface area contributed by atoms with Crippen LogP contribution in [0, 0.1) is 10.1 Å². The smallest absolute Gasteiger partial charge is 0.269 e. The lowest BCUT2D eigenvalue weighted by molar-refractivity contribution is -0.384. The van der Waals surface area contributed by atoms with Crippen molar-refractivity contribution in [1.82, 2.24) is 9.97 Å². The van der Waals surface area contributed by atoms with E-state index in [1.54, 1.807) is 12.1 Å². The lowest BCUT2D eigenvalue weighted by atomic mass is 10.2. The van der Waals surface area contributed by atoms with E-state index in [0.717, 1.165) is 17.1 Å². The standard InChI is InChI=1S/C14H14N4O2/c1-15-13-8-12(9-2-3-9)16-14(17-13)10-4-6-11(7-5-10)18(19)20/h4-9H,2-3H2,1H3,(H,15,16,17). The second-order valence-corrected chi connectivity index (χ2v) is 4.83. The Hall–Kier alpha value is -2.50. The van der Waals surface area contributed by atoms with Gasteiger partial charge in [0.05, 0.1) is 4.92 Å². The maximum atomic E-state index is 10.7. The Balaban J connectivity index is 1.99. The summed E-state index contributed by atoms with van der Waals surface area (Å²) in [7, 11) is 1.82. The van der Waals surface area contributed by atoms with Crippen LogP contribution in [0.4, 0.5) is 11.5 Å². The normalized spacial score (nSPS) is 14.1. The quantitative estimate of drug-likeness (QED) is 0.682. The number of hydrogen-bond acceptors (Lipinski definition) is 5. The summed E-state index contributed by atoms with van der Waals surface area (Å²) < 4.78 is 0. The van der Waals surface area contributed by atoms with Gasteiger partial charge in [0.2, 0.25) is 0 Å². The van der Waals surface area contributed by atoms with Crippen LogP contribution in [0.2, 0.25) is 0 Å². The van der Waals surface area contributed by atoms with E-state index in [2.05, 4.69) is 15.3 Å². The fraction of sp³-hybridized carbons (Fsp3) is 0.286. The Labute approximate surface area is 116 Å². The Morgan fingerprint density at radius 1 is 1.25 bits per heavy atom. The first-order valence-electron chi connectivity index (χ1n) is 6.49. The lowest BCUT2D eigenvalue weighted by Gasteiger charge is -2.07. The molecule has 1 aromatic carbocycles. The van der Waals surface area contributed by atoms with Crippen molar-refractivity contribution in [1.29, 1.82) is 0 Å². The van der Waals surface area contributed by atoms with Crippen LogP contribution in [0.5, 0.6) is 0 Å². The van der Waals surface area contributed by atoms with Crippen LogP contribution < -0.4 is 5.32 Å². The minimum atomic E-state index is -0.412. The van der Waals surface area contributed by atoms with Crippen molar-refractivity contribution < 1.29 is 4.92 Å². The van der Waals surface area contributed by atoms with Gasteiger partial charge in [0.15, 0.2) is 5.82 Å². The highest BCUT2D eigenvalue weighted by atomic mass is 16.6. The van der Waals surface area contributed by atoms with Crippen LogP contribution in [0.1, 0.15) is 24.5 Å². The highest BCUT2D eigenvalue weighted by Crippen LogP contribution is 2.40. The molecule has 0 unspecified atom stereocenters. The number of hydrogen-bond donors (Lipinski definition) is 1. The summed E-state index contributed by atoms with van der Waals surface area (Å²) in [6.07, 6.45) is 2.33. The van der Waals surface area contributed by atoms with Gasteiger partial charge in [-0.15, -0.1) is 0 Å². The van der Waals surface area contributed by atoms with Gasteiger partial charge in [-0.3, -0.25) is 10.1 Å². The molecule has 0 saturated heterocycles. The van der Waals surface area contributed by atoms with Gasteiger partial charge in [-0.25, -0.2) is 9.97 Å². The Morgan fingerprint density at radius 3 is 2.50 bits per heavy atom. The topological polar surface area (TPSA) is 81.0 Å². The van der Waals surface area contributed by atoms with Gasteiger partial charge >= 0.3 is 0 Å². The number of benzene rings is 1. The first kappa shape index (κ1) is 12.5. The molecule has 1 aliphatic rings. The van der Waals surface area contributed by atoms with Gasteiger partial charge in [-0.1, -0.05) is 0 Å². The summed E-state index contributed by atoms with van der Waals surface area (Å²) in [5, 5.41) is 13.7. The minimum absolute atomic E-state index is 0.0703. The molecule has 1 saturated carbocycles. The average molecular weight is 270 g/mol. The van der Waals surface area contributed by atoms with E-state index in [0.29, 0.717) is 11.7 Å². The van der Waals surface area contributed by atoms with E-state index >= 15 is 0 Å². The highest BCUT2D eigenvalue weighted by molar-refractivity contribution is 5.59. The number of non-ortho nitro benzene ring substituents is 1. The van der Waals surface area contributed by atoms with Crippen LogP contribution in [-0.4, -0.2) is 21.9 Å². The molecule has 0 bridgehead atoms. The average Bonchev–Trinajstić information content (AvgIpc) is 3.31. The number of nitrogens with zero attached hydrogens (tertiary/aromatic N) is 3. The molecular formula is C14H14N4O2. The third-order valence-corrected chi connectivity index (χ3v) is 3.33. The summed E-state index contributed by atoms with van der Waals surface area (Å²) in [5.74, 6) is 1.91. The van der Waals surface area contributed by atoms with E-state index in [4.69, 9.17) is 0 Å². The fourth-order valence-electron chi connectivity index (χ4n) is 2.04. The van der Waals surface area contributed by atoms with Crippen molar-refractivity contribution in [2.24, 2.45) is 0 Å². The molecule has 1 aromatic heterocycles. The number of nitro groups is 1. The molecule has 0 spiro atoms. The molecule has 3 rings (SSSR count).